The molecule has 0 aromatic carbocycles. The van der Waals surface area contributed by atoms with E-state index < -0.39 is 209 Å². The molecule has 0 aromatic heterocycles. The van der Waals surface area contributed by atoms with Crippen molar-refractivity contribution in [2.24, 2.45) is 0 Å². The van der Waals surface area contributed by atoms with Gasteiger partial charge in [-0.15, -0.1) is 0 Å². The van der Waals surface area contributed by atoms with Gasteiger partial charge in [0.25, 0.3) is 0 Å². The number of phosphoric acid groups is 1. The molecule has 1 radical (unpaired) electrons. The normalized spacial score (nSPS) is 15.3. The first-order valence-corrected chi connectivity index (χ1v) is 49.8. The zero-order valence-electron chi connectivity index (χ0n) is 22.2. The van der Waals surface area contributed by atoms with Crippen LogP contribution in [0.3, 0.4) is 0 Å². The Kier molecular flexibility index (Phi) is 22.1. The van der Waals surface area contributed by atoms with Crippen molar-refractivity contribution in [3.63, 3.8) is 0 Å². The SMILES string of the molecule is O=P([O][Mo](=[O])(=[O])[O][Mo](=[O])(=[O])[O][Mo](=[O])(=[O])[O][Mo](=[O])(=[O])[OH])([O][Mo](=[O])(=[O])[O][Mo](=[O])(=[O])[O][Mo](=[O])(=[O])[O][Mo](=[O])(=[O])[OH])[O][Mo](=[O])(=[O])[O][Mo](=[O])(=[O])[O][Mo](=[O])(=[O])[O][Mo](=[O])(=[O])[OH].[Cr+3]. The summed E-state index contributed by atoms with van der Waals surface area (Å²) in [6.45, 7) is 0. The molecule has 0 fully saturated rings. The average Bonchev–Trinajstić information content (AvgIpc) is 2.58. The van der Waals surface area contributed by atoms with E-state index in [9.17, 15) is 86.1 Å². The molecule has 0 bridgehead atoms. The van der Waals surface area contributed by atoms with E-state index in [0.717, 1.165) is 0 Å². The first-order valence-electron chi connectivity index (χ1n) is 8.78. The van der Waals surface area contributed by atoms with Crippen molar-refractivity contribution in [1.82, 2.24) is 0 Å². The third-order valence-corrected chi connectivity index (χ3v) is 62.5. The molecule has 54 heavy (non-hydrogen) atoms. The molecule has 0 aromatic rings. The average molecular weight is 1880 g/mol. The molecule has 323 valence electrons. The van der Waals surface area contributed by atoms with Crippen LogP contribution in [0, 0.1) is 0 Å². The van der Waals surface area contributed by atoms with Crippen LogP contribution in [0.5, 0.6) is 0 Å². The fourth-order valence-corrected chi connectivity index (χ4v) is 60.4. The van der Waals surface area contributed by atoms with Gasteiger partial charge in [-0.3, -0.25) is 0 Å². The minimum Gasteiger partial charge on any atom is 3.00 e. The molecule has 3 N–H and O–H groups in total. The van der Waals surface area contributed by atoms with Crippen molar-refractivity contribution in [2.45, 2.75) is 0 Å². The Balaban J connectivity index is 0. The Morgan fingerprint density at radius 3 is 0.537 bits per heavy atom. The third kappa shape index (κ3) is 29.0. The van der Waals surface area contributed by atoms with Crippen LogP contribution in [0.1, 0.15) is 0 Å². The largest absolute Gasteiger partial charge is 3.00 e. The summed E-state index contributed by atoms with van der Waals surface area (Å²) in [4.78, 5) is 0. The summed E-state index contributed by atoms with van der Waals surface area (Å²) in [5, 5.41) is 0. The minimum absolute atomic E-state index is 0. The van der Waals surface area contributed by atoms with Crippen LogP contribution in [0.2, 0.25) is 0 Å². The van der Waals surface area contributed by atoms with E-state index in [1.54, 1.807) is 0 Å². The number of hydrogen-bond donors (Lipinski definition) is 3. The van der Waals surface area contributed by atoms with Gasteiger partial charge in [-0.1, -0.05) is 0 Å². The zero-order valence-corrected chi connectivity index (χ0v) is 48.5. The summed E-state index contributed by atoms with van der Waals surface area (Å²) in [5.74, 6) is 0. The molecule has 40 nitrogen and oxygen atoms in total. The van der Waals surface area contributed by atoms with E-state index in [-0.39, 0.29) is 17.4 Å². The Morgan fingerprint density at radius 2 is 0.389 bits per heavy atom. The van der Waals surface area contributed by atoms with Crippen LogP contribution in [0.25, 0.3) is 0 Å². The van der Waals surface area contributed by atoms with Crippen LogP contribution < -0.4 is 0 Å². The zero-order chi connectivity index (χ0) is 43.0. The topological polar surface area (TPSA) is 598 Å². The molecule has 0 spiro atoms. The van der Waals surface area contributed by atoms with Gasteiger partial charge >= 0.3 is 351 Å². The second kappa shape index (κ2) is 20.0. The van der Waals surface area contributed by atoms with E-state index in [1.807, 2.05) is 0 Å². The molecule has 0 aliphatic carbocycles. The standard InChI is InChI=1S/Cr.12Mo.H3O4P.3H2O.33O/c;;;;;;;;;;;;;1-5(2,3)4;;;;;;;;;;;;;;;;;;;;;;;;;;;;;;;;;;;;/h;;;;;;;;;;;;;(H3,1,2,3,4);3*1H2;;;;;;;;;;;;;;;;;;;;;;;;;;;;;;;;;/q+3;;;;;;;6*+1;;;;;;;;;;;;;;;;;;;;;;;;;;;;;;;;;;;;;/p-6. The van der Waals surface area contributed by atoms with Crippen LogP contribution in [0.15, 0.2) is 0 Å². The van der Waals surface area contributed by atoms with Crippen molar-refractivity contribution in [3.05, 3.63) is 0 Å². The van der Waals surface area contributed by atoms with Gasteiger partial charge in [-0.25, -0.2) is 0 Å². The van der Waals surface area contributed by atoms with Gasteiger partial charge in [0.15, 0.2) is 0 Å². The summed E-state index contributed by atoms with van der Waals surface area (Å²) >= 11 is -97.4. The molecule has 0 saturated heterocycles. The first kappa shape index (κ1) is 59.7. The van der Waals surface area contributed by atoms with Crippen molar-refractivity contribution >= 4 is 7.82 Å². The maximum absolute atomic E-state index is 12.8. The Bertz CT molecular complexity index is 2510. The van der Waals surface area contributed by atoms with Gasteiger partial charge in [0.1, 0.15) is 0 Å². The maximum Gasteiger partial charge on any atom is 3.00 e. The van der Waals surface area contributed by atoms with Crippen molar-refractivity contribution in [2.75, 3.05) is 0 Å². The van der Waals surface area contributed by atoms with Crippen molar-refractivity contribution < 1.29 is 344 Å². The molecule has 0 aliphatic rings. The van der Waals surface area contributed by atoms with Crippen LogP contribution in [0.4, 0.5) is 0 Å². The molecule has 0 saturated carbocycles. The summed E-state index contributed by atoms with van der Waals surface area (Å²) in [6.07, 6.45) is 0. The quantitative estimate of drug-likeness (QED) is 0.0604. The summed E-state index contributed by atoms with van der Waals surface area (Å²) in [5.41, 5.74) is 0. The molecule has 0 rings (SSSR count). The molecule has 0 heterocycles. The molecule has 54 heteroatoms. The van der Waals surface area contributed by atoms with E-state index in [4.69, 9.17) is 11.3 Å². The second-order valence-electron chi connectivity index (χ2n) is 6.24. The molecule has 0 atom stereocenters. The van der Waals surface area contributed by atoms with Gasteiger partial charge < -0.3 is 0 Å². The molecular weight excluding hydrogens is 1870 g/mol. The Labute approximate surface area is 344 Å². The number of rotatable bonds is 24. The fraction of sp³-hybridized carbons (Fsp3) is 0. The Morgan fingerprint density at radius 1 is 0.259 bits per heavy atom. The van der Waals surface area contributed by atoms with E-state index >= 15 is 0 Å². The van der Waals surface area contributed by atoms with Gasteiger partial charge in [-0.05, 0) is 0 Å². The van der Waals surface area contributed by atoms with Gasteiger partial charge in [0.05, 0.1) is 0 Å². The van der Waals surface area contributed by atoms with Gasteiger partial charge in [0, 0.05) is 0 Å². The summed E-state index contributed by atoms with van der Waals surface area (Å²) in [7, 11) is -7.91. The monoisotopic (exact) mass is 1900 g/mol. The van der Waals surface area contributed by atoms with Crippen molar-refractivity contribution in [1.29, 1.82) is 0 Å². The predicted molar refractivity (Wildman–Crippen MR) is 43.8 cm³/mol. The predicted octanol–water partition coefficient (Wildman–Crippen LogP) is -4.63. The molecule has 0 aliphatic heterocycles. The van der Waals surface area contributed by atoms with E-state index in [2.05, 4.69) is 27.9 Å². The first-order chi connectivity index (χ1) is 22.5. The van der Waals surface area contributed by atoms with Crippen LogP contribution in [-0.4, -0.2) is 11.3 Å². The maximum atomic E-state index is 12.8. The van der Waals surface area contributed by atoms with Crippen LogP contribution >= 0.6 is 7.82 Å². The van der Waals surface area contributed by atoms with Gasteiger partial charge in [-0.2, -0.15) is 0 Å². The fourth-order valence-electron chi connectivity index (χ4n) is 1.41. The number of hydrogen-bond acceptors (Lipinski definition) is 37. The molecular formula is H3CrMo12O40P+3. The van der Waals surface area contributed by atoms with Gasteiger partial charge in [0.2, 0.25) is 0 Å². The van der Waals surface area contributed by atoms with Crippen molar-refractivity contribution in [3.8, 4) is 0 Å². The smallest absolute Gasteiger partial charge is 3.00 e. The van der Waals surface area contributed by atoms with E-state index in [1.165, 1.54) is 0 Å². The Hall–Kier alpha value is 3.62. The summed E-state index contributed by atoms with van der Waals surface area (Å²) in [6, 6.07) is 0. The molecule has 0 unspecified atom stereocenters. The second-order valence-corrected chi connectivity index (χ2v) is 56.1. The third-order valence-electron chi connectivity index (χ3n) is 2.06. The van der Waals surface area contributed by atoms with E-state index in [0.29, 0.717) is 0 Å². The minimum atomic E-state index is -8.79. The summed E-state index contributed by atoms with van der Waals surface area (Å²) < 4.78 is 347. The molecule has 0 amide bonds. The van der Waals surface area contributed by atoms with Crippen LogP contribution in [-0.2, 0) is 332 Å².